The van der Waals surface area contributed by atoms with Gasteiger partial charge in [0.1, 0.15) is 5.76 Å². The van der Waals surface area contributed by atoms with Crippen molar-refractivity contribution in [3.05, 3.63) is 23.2 Å². The summed E-state index contributed by atoms with van der Waals surface area (Å²) in [5.74, 6) is 4.15. The molecule has 0 unspecified atom stereocenters. The molecule has 0 aromatic rings. The highest BCUT2D eigenvalue weighted by Gasteiger charge is 2.09. The van der Waals surface area contributed by atoms with Crippen LogP contribution in [0.15, 0.2) is 23.2 Å². The topological polar surface area (TPSA) is 18.5 Å². The van der Waals surface area contributed by atoms with Crippen molar-refractivity contribution in [3.63, 3.8) is 0 Å². The van der Waals surface area contributed by atoms with E-state index in [-0.39, 0.29) is 0 Å². The molecule has 90 valence electrons. The summed E-state index contributed by atoms with van der Waals surface area (Å²) >= 11 is 0. The Kier molecular flexibility index (Phi) is 8.15. The van der Waals surface area contributed by atoms with Crippen LogP contribution in [0.1, 0.15) is 40.0 Å². The average molecular weight is 222 g/mol. The van der Waals surface area contributed by atoms with E-state index in [4.69, 9.17) is 15.9 Å². The number of methoxy groups -OCH3 is 1. The van der Waals surface area contributed by atoms with Gasteiger partial charge in [-0.15, -0.1) is 6.42 Å². The van der Waals surface area contributed by atoms with E-state index in [9.17, 15) is 0 Å². The Morgan fingerprint density at radius 3 is 2.50 bits per heavy atom. The summed E-state index contributed by atoms with van der Waals surface area (Å²) in [6, 6.07) is 0. The van der Waals surface area contributed by atoms with Crippen molar-refractivity contribution in [3.8, 4) is 12.3 Å². The van der Waals surface area contributed by atoms with Gasteiger partial charge in [-0.05, 0) is 19.4 Å². The van der Waals surface area contributed by atoms with E-state index in [0.717, 1.165) is 36.4 Å². The first-order valence-electron chi connectivity index (χ1n) is 5.74. The van der Waals surface area contributed by atoms with Gasteiger partial charge in [0, 0.05) is 12.0 Å². The maximum Gasteiger partial charge on any atom is 0.160 e. The monoisotopic (exact) mass is 222 g/mol. The summed E-state index contributed by atoms with van der Waals surface area (Å²) < 4.78 is 11.0. The highest BCUT2D eigenvalue weighted by atomic mass is 16.5. The molecule has 0 saturated heterocycles. The Labute approximate surface area is 99.3 Å². The number of rotatable bonds is 7. The van der Waals surface area contributed by atoms with E-state index in [1.54, 1.807) is 13.2 Å². The molecule has 0 radical (unpaired) electrons. The van der Waals surface area contributed by atoms with Crippen molar-refractivity contribution in [1.29, 1.82) is 0 Å². The molecular weight excluding hydrogens is 200 g/mol. The van der Waals surface area contributed by atoms with E-state index < -0.39 is 0 Å². The lowest BCUT2D eigenvalue weighted by atomic mass is 10.2. The van der Waals surface area contributed by atoms with Crippen LogP contribution in [0.25, 0.3) is 0 Å². The number of hydrogen-bond acceptors (Lipinski definition) is 2. The van der Waals surface area contributed by atoms with Gasteiger partial charge in [0.25, 0.3) is 0 Å². The first kappa shape index (κ1) is 14.6. The molecule has 0 aromatic carbocycles. The molecule has 0 heterocycles. The quantitative estimate of drug-likeness (QED) is 0.283. The van der Waals surface area contributed by atoms with Crippen molar-refractivity contribution < 1.29 is 9.47 Å². The van der Waals surface area contributed by atoms with Crippen LogP contribution >= 0.6 is 0 Å². The minimum Gasteiger partial charge on any atom is -0.497 e. The largest absolute Gasteiger partial charge is 0.497 e. The molecular formula is C14H22O2. The SMILES string of the molecule is C#C/C=C(C)\C(OCCCC)=C(/CC)OC. The lowest BCUT2D eigenvalue weighted by Crippen LogP contribution is -2.02. The first-order valence-corrected chi connectivity index (χ1v) is 5.74. The van der Waals surface area contributed by atoms with Gasteiger partial charge in [-0.25, -0.2) is 0 Å². The first-order chi connectivity index (χ1) is 7.71. The van der Waals surface area contributed by atoms with Gasteiger partial charge in [0.15, 0.2) is 5.76 Å². The van der Waals surface area contributed by atoms with Gasteiger partial charge >= 0.3 is 0 Å². The molecule has 0 aliphatic rings. The van der Waals surface area contributed by atoms with Gasteiger partial charge in [0.05, 0.1) is 13.7 Å². The van der Waals surface area contributed by atoms with E-state index >= 15 is 0 Å². The number of hydrogen-bond donors (Lipinski definition) is 0. The molecule has 2 nitrogen and oxygen atoms in total. The minimum absolute atomic E-state index is 0.703. The van der Waals surface area contributed by atoms with Crippen molar-refractivity contribution in [2.24, 2.45) is 0 Å². The third-order valence-electron chi connectivity index (χ3n) is 2.22. The van der Waals surface area contributed by atoms with Gasteiger partial charge < -0.3 is 9.47 Å². The van der Waals surface area contributed by atoms with Crippen LogP contribution in [0.4, 0.5) is 0 Å². The van der Waals surface area contributed by atoms with Crippen LogP contribution in [-0.4, -0.2) is 13.7 Å². The summed E-state index contributed by atoms with van der Waals surface area (Å²) in [5.41, 5.74) is 0.942. The smallest absolute Gasteiger partial charge is 0.160 e. The van der Waals surface area contributed by atoms with Crippen LogP contribution in [0.3, 0.4) is 0 Å². The Bertz CT molecular complexity index is 286. The average Bonchev–Trinajstić information content (AvgIpc) is 2.29. The molecule has 0 aromatic heterocycles. The van der Waals surface area contributed by atoms with E-state index in [0.29, 0.717) is 6.61 Å². The number of allylic oxidation sites excluding steroid dienone is 3. The molecule has 0 fully saturated rings. The zero-order chi connectivity index (χ0) is 12.4. The van der Waals surface area contributed by atoms with Crippen LogP contribution in [0, 0.1) is 12.3 Å². The predicted octanol–water partition coefficient (Wildman–Crippen LogP) is 3.65. The predicted molar refractivity (Wildman–Crippen MR) is 67.8 cm³/mol. The molecule has 0 N–H and O–H groups in total. The molecule has 16 heavy (non-hydrogen) atoms. The van der Waals surface area contributed by atoms with Crippen LogP contribution in [-0.2, 0) is 9.47 Å². The van der Waals surface area contributed by atoms with Crippen LogP contribution < -0.4 is 0 Å². The minimum atomic E-state index is 0.703. The molecule has 0 atom stereocenters. The molecule has 2 heteroatoms. The molecule has 0 rings (SSSR count). The Morgan fingerprint density at radius 1 is 1.38 bits per heavy atom. The fraction of sp³-hybridized carbons (Fsp3) is 0.571. The van der Waals surface area contributed by atoms with Gasteiger partial charge in [-0.2, -0.15) is 0 Å². The maximum atomic E-state index is 5.73. The fourth-order valence-corrected chi connectivity index (χ4v) is 1.32. The number of terminal acetylenes is 1. The number of unbranched alkanes of at least 4 members (excludes halogenated alkanes) is 1. The Hall–Kier alpha value is -1.36. The normalized spacial score (nSPS) is 12.8. The summed E-state index contributed by atoms with van der Waals surface area (Å²) in [6.07, 6.45) is 9.91. The molecule has 0 aliphatic heterocycles. The summed E-state index contributed by atoms with van der Waals surface area (Å²) in [7, 11) is 1.66. The zero-order valence-corrected chi connectivity index (χ0v) is 10.8. The second-order valence-corrected chi connectivity index (χ2v) is 3.51. The van der Waals surface area contributed by atoms with E-state index in [1.807, 2.05) is 13.8 Å². The number of ether oxygens (including phenoxy) is 2. The van der Waals surface area contributed by atoms with Crippen molar-refractivity contribution in [2.75, 3.05) is 13.7 Å². The Balaban J connectivity index is 4.84. The third-order valence-corrected chi connectivity index (χ3v) is 2.22. The summed E-state index contributed by atoms with van der Waals surface area (Å²) in [4.78, 5) is 0. The van der Waals surface area contributed by atoms with Crippen LogP contribution in [0.2, 0.25) is 0 Å². The van der Waals surface area contributed by atoms with Crippen LogP contribution in [0.5, 0.6) is 0 Å². The molecule has 0 spiro atoms. The van der Waals surface area contributed by atoms with Crippen molar-refractivity contribution in [2.45, 2.75) is 40.0 Å². The van der Waals surface area contributed by atoms with Gasteiger partial charge in [-0.1, -0.05) is 26.2 Å². The highest BCUT2D eigenvalue weighted by Crippen LogP contribution is 2.19. The maximum absolute atomic E-state index is 5.73. The molecule has 0 amide bonds. The zero-order valence-electron chi connectivity index (χ0n) is 10.8. The third kappa shape index (κ3) is 4.93. The van der Waals surface area contributed by atoms with Crippen molar-refractivity contribution >= 4 is 0 Å². The molecule has 0 aliphatic carbocycles. The van der Waals surface area contributed by atoms with Crippen molar-refractivity contribution in [1.82, 2.24) is 0 Å². The molecule has 0 saturated carbocycles. The van der Waals surface area contributed by atoms with Gasteiger partial charge in [0.2, 0.25) is 0 Å². The second-order valence-electron chi connectivity index (χ2n) is 3.51. The summed E-state index contributed by atoms with van der Waals surface area (Å²) in [6.45, 7) is 6.81. The lowest BCUT2D eigenvalue weighted by molar-refractivity contribution is 0.176. The highest BCUT2D eigenvalue weighted by molar-refractivity contribution is 5.32. The van der Waals surface area contributed by atoms with Gasteiger partial charge in [-0.3, -0.25) is 0 Å². The second kappa shape index (κ2) is 8.91. The van der Waals surface area contributed by atoms with E-state index in [2.05, 4.69) is 12.8 Å². The fourth-order valence-electron chi connectivity index (χ4n) is 1.32. The summed E-state index contributed by atoms with van der Waals surface area (Å²) in [5, 5.41) is 0. The van der Waals surface area contributed by atoms with E-state index in [1.165, 1.54) is 0 Å². The molecule has 0 bridgehead atoms. The standard InChI is InChI=1S/C14H22O2/c1-6-9-11-16-14(12(4)10-7-2)13(8-3)15-5/h2,10H,6,8-9,11H2,1,3-5H3/b12-10-,14-13-. The lowest BCUT2D eigenvalue weighted by Gasteiger charge is -2.14. The Morgan fingerprint density at radius 2 is 2.06 bits per heavy atom.